The van der Waals surface area contributed by atoms with Gasteiger partial charge in [-0.15, -0.1) is 0 Å². The Balaban J connectivity index is 1.93. The van der Waals surface area contributed by atoms with E-state index in [0.717, 1.165) is 40.1 Å². The number of para-hydroxylation sites is 1. The number of aryl methyl sites for hydroxylation is 2. The predicted molar refractivity (Wildman–Crippen MR) is 116 cm³/mol. The monoisotopic (exact) mass is 405 g/mol. The Morgan fingerprint density at radius 3 is 2.37 bits per heavy atom. The SMILES string of the molecule is COc1ccc(OC)c(C2CC(=O)N(c3c(C)cccc3C)C3=C2C(=O)CCC3)c1. The van der Waals surface area contributed by atoms with Crippen molar-refractivity contribution in [3.05, 3.63) is 64.4 Å². The van der Waals surface area contributed by atoms with Gasteiger partial charge in [0, 0.05) is 35.6 Å². The second-order valence-electron chi connectivity index (χ2n) is 7.97. The van der Waals surface area contributed by atoms with Crippen molar-refractivity contribution in [3.63, 3.8) is 0 Å². The zero-order valence-corrected chi connectivity index (χ0v) is 18.0. The van der Waals surface area contributed by atoms with Crippen LogP contribution in [0.5, 0.6) is 11.5 Å². The van der Waals surface area contributed by atoms with E-state index in [-0.39, 0.29) is 24.0 Å². The van der Waals surface area contributed by atoms with Crippen molar-refractivity contribution in [1.29, 1.82) is 0 Å². The van der Waals surface area contributed by atoms with Crippen molar-refractivity contribution in [3.8, 4) is 11.5 Å². The normalized spacial score (nSPS) is 19.1. The van der Waals surface area contributed by atoms with E-state index in [4.69, 9.17) is 9.47 Å². The summed E-state index contributed by atoms with van der Waals surface area (Å²) in [5.74, 6) is 1.15. The molecular formula is C25H27NO4. The third kappa shape index (κ3) is 3.28. The van der Waals surface area contributed by atoms with E-state index in [0.29, 0.717) is 24.3 Å². The van der Waals surface area contributed by atoms with Gasteiger partial charge in [0.15, 0.2) is 5.78 Å². The minimum absolute atomic E-state index is 0.00993. The predicted octanol–water partition coefficient (Wildman–Crippen LogP) is 4.85. The zero-order chi connectivity index (χ0) is 21.4. The fraction of sp³-hybridized carbons (Fsp3) is 0.360. The highest BCUT2D eigenvalue weighted by Crippen LogP contribution is 2.47. The Morgan fingerprint density at radius 2 is 1.70 bits per heavy atom. The molecule has 0 spiro atoms. The minimum Gasteiger partial charge on any atom is -0.497 e. The van der Waals surface area contributed by atoms with Gasteiger partial charge in [-0.25, -0.2) is 0 Å². The Morgan fingerprint density at radius 1 is 0.967 bits per heavy atom. The van der Waals surface area contributed by atoms with Gasteiger partial charge < -0.3 is 9.47 Å². The highest BCUT2D eigenvalue weighted by atomic mass is 16.5. The lowest BCUT2D eigenvalue weighted by molar-refractivity contribution is -0.120. The molecule has 0 bridgehead atoms. The van der Waals surface area contributed by atoms with Crippen LogP contribution in [-0.4, -0.2) is 25.9 Å². The summed E-state index contributed by atoms with van der Waals surface area (Å²) in [4.78, 5) is 28.5. The number of rotatable bonds is 4. The lowest BCUT2D eigenvalue weighted by atomic mass is 9.76. The van der Waals surface area contributed by atoms with Gasteiger partial charge in [-0.2, -0.15) is 0 Å². The summed E-state index contributed by atoms with van der Waals surface area (Å²) in [6.45, 7) is 4.02. The third-order valence-electron chi connectivity index (χ3n) is 6.15. The second kappa shape index (κ2) is 7.98. The van der Waals surface area contributed by atoms with Crippen LogP contribution < -0.4 is 14.4 Å². The van der Waals surface area contributed by atoms with Crippen molar-refractivity contribution in [2.75, 3.05) is 19.1 Å². The van der Waals surface area contributed by atoms with Crippen LogP contribution in [0, 0.1) is 13.8 Å². The molecule has 1 atom stereocenters. The van der Waals surface area contributed by atoms with Crippen molar-refractivity contribution in [2.24, 2.45) is 0 Å². The second-order valence-corrected chi connectivity index (χ2v) is 7.97. The van der Waals surface area contributed by atoms with Gasteiger partial charge in [-0.1, -0.05) is 18.2 Å². The summed E-state index contributed by atoms with van der Waals surface area (Å²) in [5, 5.41) is 0. The van der Waals surface area contributed by atoms with E-state index in [1.54, 1.807) is 19.1 Å². The van der Waals surface area contributed by atoms with E-state index >= 15 is 0 Å². The molecule has 30 heavy (non-hydrogen) atoms. The molecule has 0 saturated heterocycles. The molecule has 2 aliphatic rings. The van der Waals surface area contributed by atoms with Crippen molar-refractivity contribution >= 4 is 17.4 Å². The fourth-order valence-corrected chi connectivity index (χ4v) is 4.79. The molecular weight excluding hydrogens is 378 g/mol. The van der Waals surface area contributed by atoms with Crippen molar-refractivity contribution < 1.29 is 19.1 Å². The summed E-state index contributed by atoms with van der Waals surface area (Å²) in [5.41, 5.74) is 5.39. The number of ketones is 1. The number of allylic oxidation sites excluding steroid dienone is 2. The number of methoxy groups -OCH3 is 2. The van der Waals surface area contributed by atoms with Crippen LogP contribution in [0.25, 0.3) is 0 Å². The van der Waals surface area contributed by atoms with Crippen LogP contribution in [0.1, 0.15) is 48.3 Å². The van der Waals surface area contributed by atoms with Gasteiger partial charge >= 0.3 is 0 Å². The van der Waals surface area contributed by atoms with E-state index in [2.05, 4.69) is 0 Å². The van der Waals surface area contributed by atoms with E-state index < -0.39 is 0 Å². The molecule has 156 valence electrons. The Kier molecular flexibility index (Phi) is 5.37. The molecule has 0 radical (unpaired) electrons. The Hall–Kier alpha value is -3.08. The van der Waals surface area contributed by atoms with Gasteiger partial charge in [0.1, 0.15) is 11.5 Å². The lowest BCUT2D eigenvalue weighted by Crippen LogP contribution is -2.41. The van der Waals surface area contributed by atoms with Crippen LogP contribution >= 0.6 is 0 Å². The van der Waals surface area contributed by atoms with E-state index in [1.165, 1.54) is 0 Å². The summed E-state index contributed by atoms with van der Waals surface area (Å²) in [7, 11) is 3.22. The molecule has 2 aromatic rings. The van der Waals surface area contributed by atoms with Gasteiger partial charge in [-0.05, 0) is 56.0 Å². The maximum atomic E-state index is 13.5. The molecule has 5 nitrogen and oxygen atoms in total. The molecule has 1 unspecified atom stereocenters. The van der Waals surface area contributed by atoms with Gasteiger partial charge in [-0.3, -0.25) is 14.5 Å². The minimum atomic E-state index is -0.328. The summed E-state index contributed by atoms with van der Waals surface area (Å²) >= 11 is 0. The van der Waals surface area contributed by atoms with Crippen LogP contribution in [0.4, 0.5) is 5.69 Å². The first-order chi connectivity index (χ1) is 14.5. The van der Waals surface area contributed by atoms with Crippen LogP contribution in [-0.2, 0) is 9.59 Å². The molecule has 5 heteroatoms. The summed E-state index contributed by atoms with van der Waals surface area (Å²) < 4.78 is 11.0. The summed E-state index contributed by atoms with van der Waals surface area (Å²) in [6, 6.07) is 11.6. The number of hydrogen-bond acceptors (Lipinski definition) is 4. The maximum absolute atomic E-state index is 13.5. The number of anilines is 1. The summed E-state index contributed by atoms with van der Waals surface area (Å²) in [6.07, 6.45) is 2.20. The molecule has 1 amide bonds. The standard InChI is InChI=1S/C25H27NO4/c1-15-7-5-8-16(2)25(15)26-20-9-6-10-21(27)24(20)19(14-23(26)28)18-13-17(29-3)11-12-22(18)30-4/h5,7-8,11-13,19H,6,9-10,14H2,1-4H3. The maximum Gasteiger partial charge on any atom is 0.232 e. The van der Waals surface area contributed by atoms with E-state index in [1.807, 2.05) is 50.2 Å². The quantitative estimate of drug-likeness (QED) is 0.730. The molecule has 0 saturated carbocycles. The number of benzene rings is 2. The molecule has 1 aliphatic heterocycles. The molecule has 1 heterocycles. The average molecular weight is 405 g/mol. The number of Topliss-reactive ketones (excluding diaryl/α,β-unsaturated/α-hetero) is 1. The van der Waals surface area contributed by atoms with Crippen molar-refractivity contribution in [1.82, 2.24) is 0 Å². The highest BCUT2D eigenvalue weighted by molar-refractivity contribution is 6.08. The number of amides is 1. The van der Waals surface area contributed by atoms with E-state index in [9.17, 15) is 9.59 Å². The van der Waals surface area contributed by atoms with Crippen LogP contribution in [0.3, 0.4) is 0 Å². The molecule has 1 aliphatic carbocycles. The van der Waals surface area contributed by atoms with Gasteiger partial charge in [0.25, 0.3) is 0 Å². The molecule has 4 rings (SSSR count). The smallest absolute Gasteiger partial charge is 0.232 e. The zero-order valence-electron chi connectivity index (χ0n) is 18.0. The molecule has 2 aromatic carbocycles. The van der Waals surface area contributed by atoms with Gasteiger partial charge in [0.2, 0.25) is 5.91 Å². The molecule has 0 N–H and O–H groups in total. The number of carbonyl (C=O) groups is 2. The highest BCUT2D eigenvalue weighted by Gasteiger charge is 2.41. The number of hydrogen-bond donors (Lipinski definition) is 0. The van der Waals surface area contributed by atoms with Crippen LogP contribution in [0.15, 0.2) is 47.7 Å². The number of carbonyl (C=O) groups excluding carboxylic acids is 2. The fourth-order valence-electron chi connectivity index (χ4n) is 4.79. The average Bonchev–Trinajstić information content (AvgIpc) is 2.74. The van der Waals surface area contributed by atoms with Gasteiger partial charge in [0.05, 0.1) is 19.9 Å². The first-order valence-corrected chi connectivity index (χ1v) is 10.3. The lowest BCUT2D eigenvalue weighted by Gasteiger charge is -2.39. The first kappa shape index (κ1) is 20.2. The topological polar surface area (TPSA) is 55.8 Å². The Labute approximate surface area is 177 Å². The molecule has 0 fully saturated rings. The largest absolute Gasteiger partial charge is 0.497 e. The van der Waals surface area contributed by atoms with Crippen molar-refractivity contribution in [2.45, 2.75) is 45.4 Å². The van der Waals surface area contributed by atoms with Crippen LogP contribution in [0.2, 0.25) is 0 Å². The number of ether oxygens (including phenoxy) is 2. The Bertz CT molecular complexity index is 1030. The number of nitrogens with zero attached hydrogens (tertiary/aromatic N) is 1. The third-order valence-corrected chi connectivity index (χ3v) is 6.15. The first-order valence-electron chi connectivity index (χ1n) is 10.3. The molecule has 0 aromatic heterocycles.